The Kier molecular flexibility index (Phi) is 6.18. The molecule has 0 spiro atoms. The fraction of sp³-hybridized carbons (Fsp3) is 0.667. The summed E-state index contributed by atoms with van der Waals surface area (Å²) in [7, 11) is 0. The minimum absolute atomic E-state index is 0.0109. The molecule has 6 nitrogen and oxygen atoms in total. The zero-order valence-corrected chi connectivity index (χ0v) is 14.0. The highest BCUT2D eigenvalue weighted by Crippen LogP contribution is 2.23. The van der Waals surface area contributed by atoms with Gasteiger partial charge in [-0.3, -0.25) is 9.69 Å². The third-order valence-corrected chi connectivity index (χ3v) is 4.86. The van der Waals surface area contributed by atoms with Crippen LogP contribution in [0.1, 0.15) is 38.3 Å². The Morgan fingerprint density at radius 1 is 1.36 bits per heavy atom. The van der Waals surface area contributed by atoms with Crippen LogP contribution in [-0.4, -0.2) is 36.6 Å². The molecule has 1 aromatic rings. The molecular weight excluding hydrogens is 300 g/mol. The van der Waals surface area contributed by atoms with Crippen LogP contribution >= 0.6 is 11.3 Å². The van der Waals surface area contributed by atoms with Crippen molar-refractivity contribution in [3.63, 3.8) is 0 Å². The number of aryl methyl sites for hydroxylation is 1. The number of urea groups is 1. The van der Waals surface area contributed by atoms with Crippen molar-refractivity contribution in [1.82, 2.24) is 15.6 Å². The summed E-state index contributed by atoms with van der Waals surface area (Å²) >= 11 is 1.44. The van der Waals surface area contributed by atoms with Gasteiger partial charge in [0, 0.05) is 18.5 Å². The predicted molar refractivity (Wildman–Crippen MR) is 88.2 cm³/mol. The summed E-state index contributed by atoms with van der Waals surface area (Å²) in [5, 5.41) is 8.07. The highest BCUT2D eigenvalue weighted by Gasteiger charge is 2.18. The zero-order chi connectivity index (χ0) is 15.9. The van der Waals surface area contributed by atoms with E-state index in [0.29, 0.717) is 24.1 Å². The quantitative estimate of drug-likeness (QED) is 0.843. The highest BCUT2D eigenvalue weighted by molar-refractivity contribution is 7.14. The van der Waals surface area contributed by atoms with E-state index in [1.807, 2.05) is 19.2 Å². The maximum absolute atomic E-state index is 12.2. The lowest BCUT2D eigenvalue weighted by Crippen LogP contribution is -2.44. The summed E-state index contributed by atoms with van der Waals surface area (Å²) in [5.41, 5.74) is 0.897. The molecule has 0 atom stereocenters. The van der Waals surface area contributed by atoms with Gasteiger partial charge in [0.2, 0.25) is 5.91 Å². The van der Waals surface area contributed by atoms with Gasteiger partial charge in [0.1, 0.15) is 0 Å². The van der Waals surface area contributed by atoms with Crippen molar-refractivity contribution in [2.75, 3.05) is 24.5 Å². The Balaban J connectivity index is 1.74. The van der Waals surface area contributed by atoms with Crippen LogP contribution in [0.5, 0.6) is 0 Å². The topological polar surface area (TPSA) is 74.3 Å². The molecular formula is C15H24N4O2S. The molecule has 0 bridgehead atoms. The van der Waals surface area contributed by atoms with Crippen LogP contribution in [-0.2, 0) is 4.79 Å². The molecule has 1 aromatic heterocycles. The van der Waals surface area contributed by atoms with E-state index in [1.165, 1.54) is 37.0 Å². The first-order valence-electron chi connectivity index (χ1n) is 7.84. The van der Waals surface area contributed by atoms with Crippen molar-refractivity contribution in [2.24, 2.45) is 5.92 Å². The molecule has 122 valence electrons. The fourth-order valence-electron chi connectivity index (χ4n) is 2.65. The first kappa shape index (κ1) is 16.7. The van der Waals surface area contributed by atoms with Gasteiger partial charge < -0.3 is 10.6 Å². The number of hydrogen-bond donors (Lipinski definition) is 2. The molecule has 1 aliphatic carbocycles. The predicted octanol–water partition coefficient (Wildman–Crippen LogP) is 2.29. The molecule has 1 fully saturated rings. The van der Waals surface area contributed by atoms with Crippen LogP contribution in [0.2, 0.25) is 0 Å². The Morgan fingerprint density at radius 3 is 2.68 bits per heavy atom. The number of carbonyl (C=O) groups is 2. The Hall–Kier alpha value is -1.63. The third-order valence-electron chi connectivity index (χ3n) is 3.88. The summed E-state index contributed by atoms with van der Waals surface area (Å²) in [4.78, 5) is 29.9. The van der Waals surface area contributed by atoms with E-state index in [0.717, 1.165) is 5.69 Å². The van der Waals surface area contributed by atoms with Gasteiger partial charge in [-0.05, 0) is 32.6 Å². The molecule has 0 saturated heterocycles. The van der Waals surface area contributed by atoms with Gasteiger partial charge in [-0.15, -0.1) is 11.3 Å². The van der Waals surface area contributed by atoms with E-state index >= 15 is 0 Å². The summed E-state index contributed by atoms with van der Waals surface area (Å²) in [6.07, 6.45) is 4.88. The number of nitrogens with zero attached hydrogens (tertiary/aromatic N) is 2. The standard InChI is InChI=1S/C15H24N4O2S/c1-3-19(15-18-11(2)10-22-15)13(20)9-17-14(21)16-8-12-6-4-5-7-12/h10,12H,3-9H2,1-2H3,(H2,16,17,21). The van der Waals surface area contributed by atoms with Gasteiger partial charge in [-0.1, -0.05) is 12.8 Å². The molecule has 1 aliphatic rings. The van der Waals surface area contributed by atoms with Crippen molar-refractivity contribution in [3.05, 3.63) is 11.1 Å². The minimum Gasteiger partial charge on any atom is -0.338 e. The number of carbonyl (C=O) groups excluding carboxylic acids is 2. The zero-order valence-electron chi connectivity index (χ0n) is 13.2. The third kappa shape index (κ3) is 4.69. The fourth-order valence-corrected chi connectivity index (χ4v) is 3.53. The normalized spacial score (nSPS) is 14.8. The van der Waals surface area contributed by atoms with Crippen LogP contribution in [0, 0.1) is 12.8 Å². The number of thiazole rings is 1. The summed E-state index contributed by atoms with van der Waals surface area (Å²) < 4.78 is 0. The van der Waals surface area contributed by atoms with E-state index in [9.17, 15) is 9.59 Å². The minimum atomic E-state index is -0.272. The average molecular weight is 324 g/mol. The summed E-state index contributed by atoms with van der Waals surface area (Å²) in [5.74, 6) is 0.444. The lowest BCUT2D eigenvalue weighted by Gasteiger charge is -2.18. The lowest BCUT2D eigenvalue weighted by atomic mass is 10.1. The second-order valence-electron chi connectivity index (χ2n) is 5.62. The van der Waals surface area contributed by atoms with E-state index in [-0.39, 0.29) is 18.5 Å². The Morgan fingerprint density at radius 2 is 2.09 bits per heavy atom. The van der Waals surface area contributed by atoms with Crippen LogP contribution in [0.25, 0.3) is 0 Å². The molecule has 7 heteroatoms. The monoisotopic (exact) mass is 324 g/mol. The van der Waals surface area contributed by atoms with Crippen LogP contribution in [0.15, 0.2) is 5.38 Å². The average Bonchev–Trinajstić information content (AvgIpc) is 3.15. The molecule has 22 heavy (non-hydrogen) atoms. The summed E-state index contributed by atoms with van der Waals surface area (Å²) in [6.45, 7) is 5.02. The van der Waals surface area contributed by atoms with Crippen molar-refractivity contribution >= 4 is 28.4 Å². The Labute approximate surface area is 135 Å². The first-order chi connectivity index (χ1) is 10.6. The number of amides is 3. The van der Waals surface area contributed by atoms with E-state index in [1.54, 1.807) is 4.90 Å². The van der Waals surface area contributed by atoms with Crippen molar-refractivity contribution in [1.29, 1.82) is 0 Å². The number of rotatable bonds is 6. The first-order valence-corrected chi connectivity index (χ1v) is 8.72. The van der Waals surface area contributed by atoms with E-state index < -0.39 is 0 Å². The molecule has 0 aliphatic heterocycles. The molecule has 1 heterocycles. The van der Waals surface area contributed by atoms with Crippen LogP contribution in [0.3, 0.4) is 0 Å². The van der Waals surface area contributed by atoms with Gasteiger partial charge in [-0.2, -0.15) is 0 Å². The van der Waals surface area contributed by atoms with Crippen LogP contribution < -0.4 is 15.5 Å². The van der Waals surface area contributed by atoms with Crippen LogP contribution in [0.4, 0.5) is 9.93 Å². The molecule has 2 rings (SSSR count). The van der Waals surface area contributed by atoms with Gasteiger partial charge in [0.05, 0.1) is 12.2 Å². The van der Waals surface area contributed by atoms with Crippen molar-refractivity contribution in [3.8, 4) is 0 Å². The SMILES string of the molecule is CCN(C(=O)CNC(=O)NCC1CCCC1)c1nc(C)cs1. The molecule has 0 aromatic carbocycles. The van der Waals surface area contributed by atoms with Crippen molar-refractivity contribution in [2.45, 2.75) is 39.5 Å². The maximum Gasteiger partial charge on any atom is 0.315 e. The molecule has 3 amide bonds. The van der Waals surface area contributed by atoms with Gasteiger partial charge in [-0.25, -0.2) is 9.78 Å². The number of nitrogens with one attached hydrogen (secondary N) is 2. The number of likely N-dealkylation sites (N-methyl/N-ethyl adjacent to an activating group) is 1. The number of aromatic nitrogens is 1. The largest absolute Gasteiger partial charge is 0.338 e. The van der Waals surface area contributed by atoms with Gasteiger partial charge in [0.25, 0.3) is 0 Å². The lowest BCUT2D eigenvalue weighted by molar-refractivity contribution is -0.117. The van der Waals surface area contributed by atoms with Gasteiger partial charge >= 0.3 is 6.03 Å². The van der Waals surface area contributed by atoms with Crippen molar-refractivity contribution < 1.29 is 9.59 Å². The Bertz CT molecular complexity index is 511. The smallest absolute Gasteiger partial charge is 0.315 e. The number of anilines is 1. The molecule has 2 N–H and O–H groups in total. The van der Waals surface area contributed by atoms with E-state index in [4.69, 9.17) is 0 Å². The summed E-state index contributed by atoms with van der Waals surface area (Å²) in [6, 6.07) is -0.272. The molecule has 1 saturated carbocycles. The second kappa shape index (κ2) is 8.12. The molecule has 0 radical (unpaired) electrons. The highest BCUT2D eigenvalue weighted by atomic mass is 32.1. The molecule has 0 unspecified atom stereocenters. The van der Waals surface area contributed by atoms with Gasteiger partial charge in [0.15, 0.2) is 5.13 Å². The maximum atomic E-state index is 12.2. The second-order valence-corrected chi connectivity index (χ2v) is 6.46. The van der Waals surface area contributed by atoms with E-state index in [2.05, 4.69) is 15.6 Å². The number of hydrogen-bond acceptors (Lipinski definition) is 4.